The van der Waals surface area contributed by atoms with E-state index in [0.29, 0.717) is 11.5 Å². The number of carbonyl (C=O) groups is 1. The van der Waals surface area contributed by atoms with Gasteiger partial charge in [0.2, 0.25) is 0 Å². The van der Waals surface area contributed by atoms with Crippen molar-refractivity contribution < 1.29 is 9.90 Å². The molecule has 1 aliphatic rings. The molecule has 0 bridgehead atoms. The van der Waals surface area contributed by atoms with Gasteiger partial charge in [-0.3, -0.25) is 4.79 Å². The number of aryl methyl sites for hydroxylation is 1. The molecule has 0 saturated heterocycles. The van der Waals surface area contributed by atoms with Gasteiger partial charge in [-0.15, -0.1) is 0 Å². The van der Waals surface area contributed by atoms with E-state index in [-0.39, 0.29) is 11.7 Å². The Bertz CT molecular complexity index is 462. The van der Waals surface area contributed by atoms with Crippen LogP contribution in [-0.4, -0.2) is 17.6 Å². The summed E-state index contributed by atoms with van der Waals surface area (Å²) in [4.78, 5) is 12.1. The van der Waals surface area contributed by atoms with Crippen LogP contribution in [0.3, 0.4) is 0 Å². The molecule has 3 heteroatoms. The first-order valence-corrected chi connectivity index (χ1v) is 7.68. The number of amides is 1. The van der Waals surface area contributed by atoms with E-state index >= 15 is 0 Å². The fourth-order valence-corrected chi connectivity index (χ4v) is 3.01. The molecule has 0 unspecified atom stereocenters. The summed E-state index contributed by atoms with van der Waals surface area (Å²) in [6.45, 7) is 4.90. The van der Waals surface area contributed by atoms with Crippen LogP contribution in [0.15, 0.2) is 18.2 Å². The highest BCUT2D eigenvalue weighted by Gasteiger charge is 2.21. The summed E-state index contributed by atoms with van der Waals surface area (Å²) in [5.41, 5.74) is 1.36. The van der Waals surface area contributed by atoms with E-state index in [9.17, 15) is 9.90 Å². The van der Waals surface area contributed by atoms with Crippen LogP contribution in [-0.2, 0) is 0 Å². The van der Waals surface area contributed by atoms with Crippen molar-refractivity contribution in [2.45, 2.75) is 46.0 Å². The van der Waals surface area contributed by atoms with Crippen LogP contribution in [0.2, 0.25) is 0 Å². The Morgan fingerprint density at radius 3 is 2.55 bits per heavy atom. The molecular weight excluding hydrogens is 250 g/mol. The Hall–Kier alpha value is -1.51. The van der Waals surface area contributed by atoms with Gasteiger partial charge in [0.05, 0.1) is 5.56 Å². The first-order valence-electron chi connectivity index (χ1n) is 7.68. The zero-order valence-electron chi connectivity index (χ0n) is 12.5. The monoisotopic (exact) mass is 275 g/mol. The molecule has 3 nitrogen and oxygen atoms in total. The summed E-state index contributed by atoms with van der Waals surface area (Å²) >= 11 is 0. The fraction of sp³-hybridized carbons (Fsp3) is 0.588. The van der Waals surface area contributed by atoms with Crippen LogP contribution in [0.25, 0.3) is 0 Å². The number of phenolic OH excluding ortho intramolecular Hbond substituents is 1. The average Bonchev–Trinajstić information content (AvgIpc) is 2.47. The van der Waals surface area contributed by atoms with Gasteiger partial charge in [0.25, 0.3) is 5.91 Å². The van der Waals surface area contributed by atoms with Crippen molar-refractivity contribution in [1.29, 1.82) is 0 Å². The quantitative estimate of drug-likeness (QED) is 0.881. The minimum Gasteiger partial charge on any atom is -0.507 e. The van der Waals surface area contributed by atoms with Crippen LogP contribution in [0.1, 0.15) is 54.9 Å². The van der Waals surface area contributed by atoms with Crippen molar-refractivity contribution >= 4 is 5.91 Å². The highest BCUT2D eigenvalue weighted by atomic mass is 16.3. The smallest absolute Gasteiger partial charge is 0.255 e. The van der Waals surface area contributed by atoms with E-state index in [1.54, 1.807) is 18.2 Å². The molecule has 0 spiro atoms. The van der Waals surface area contributed by atoms with E-state index in [0.717, 1.165) is 18.0 Å². The molecule has 0 aliphatic heterocycles. The van der Waals surface area contributed by atoms with Crippen molar-refractivity contribution in [2.75, 3.05) is 6.54 Å². The fourth-order valence-electron chi connectivity index (χ4n) is 3.01. The summed E-state index contributed by atoms with van der Waals surface area (Å²) in [5.74, 6) is 1.36. The van der Waals surface area contributed by atoms with Gasteiger partial charge in [0.15, 0.2) is 0 Å². The van der Waals surface area contributed by atoms with E-state index in [1.807, 2.05) is 6.92 Å². The zero-order valence-corrected chi connectivity index (χ0v) is 12.5. The number of hydrogen-bond acceptors (Lipinski definition) is 2. The lowest BCUT2D eigenvalue weighted by molar-refractivity contribution is 0.0938. The first kappa shape index (κ1) is 14.9. The van der Waals surface area contributed by atoms with Crippen LogP contribution in [0.5, 0.6) is 5.75 Å². The maximum absolute atomic E-state index is 12.1. The van der Waals surface area contributed by atoms with Crippen molar-refractivity contribution in [1.82, 2.24) is 5.32 Å². The summed E-state index contributed by atoms with van der Waals surface area (Å²) < 4.78 is 0. The molecule has 0 atom stereocenters. The normalized spacial score (nSPS) is 22.5. The first-order chi connectivity index (χ1) is 9.60. The van der Waals surface area contributed by atoms with Gasteiger partial charge in [0.1, 0.15) is 5.75 Å². The van der Waals surface area contributed by atoms with Crippen molar-refractivity contribution in [2.24, 2.45) is 11.8 Å². The standard InChI is InChI=1S/C17H25NO2/c1-3-13-5-7-14(8-6-13)11-18-17(20)15-10-12(2)4-9-16(15)19/h4,9-10,13-14,19H,3,5-8,11H2,1-2H3,(H,18,20). The summed E-state index contributed by atoms with van der Waals surface area (Å²) in [6.07, 6.45) is 6.26. The molecule has 2 rings (SSSR count). The molecule has 1 aromatic rings. The van der Waals surface area contributed by atoms with E-state index in [2.05, 4.69) is 12.2 Å². The van der Waals surface area contributed by atoms with Crippen LogP contribution in [0.4, 0.5) is 0 Å². The van der Waals surface area contributed by atoms with Crippen molar-refractivity contribution in [3.05, 3.63) is 29.3 Å². The highest BCUT2D eigenvalue weighted by molar-refractivity contribution is 5.96. The van der Waals surface area contributed by atoms with Crippen LogP contribution < -0.4 is 5.32 Å². The number of benzene rings is 1. The number of phenols is 1. The molecule has 110 valence electrons. The third kappa shape index (κ3) is 3.75. The molecule has 1 fully saturated rings. The summed E-state index contributed by atoms with van der Waals surface area (Å²) in [5, 5.41) is 12.7. The highest BCUT2D eigenvalue weighted by Crippen LogP contribution is 2.30. The SMILES string of the molecule is CCC1CCC(CNC(=O)c2cc(C)ccc2O)CC1. The predicted molar refractivity (Wildman–Crippen MR) is 80.9 cm³/mol. The Morgan fingerprint density at radius 1 is 1.25 bits per heavy atom. The number of rotatable bonds is 4. The predicted octanol–water partition coefficient (Wildman–Crippen LogP) is 3.65. The van der Waals surface area contributed by atoms with Gasteiger partial charge in [0, 0.05) is 6.54 Å². The number of nitrogens with one attached hydrogen (secondary N) is 1. The lowest BCUT2D eigenvalue weighted by Crippen LogP contribution is -2.31. The van der Waals surface area contributed by atoms with Gasteiger partial charge in [-0.2, -0.15) is 0 Å². The molecule has 20 heavy (non-hydrogen) atoms. The molecule has 1 saturated carbocycles. The maximum Gasteiger partial charge on any atom is 0.255 e. The minimum atomic E-state index is -0.163. The second-order valence-corrected chi connectivity index (χ2v) is 6.03. The molecule has 1 aliphatic carbocycles. The van der Waals surface area contributed by atoms with Gasteiger partial charge in [-0.05, 0) is 43.7 Å². The van der Waals surface area contributed by atoms with Crippen LogP contribution in [0, 0.1) is 18.8 Å². The second kappa shape index (κ2) is 6.78. The Labute approximate surface area is 121 Å². The lowest BCUT2D eigenvalue weighted by atomic mass is 9.81. The lowest BCUT2D eigenvalue weighted by Gasteiger charge is -2.27. The summed E-state index contributed by atoms with van der Waals surface area (Å²) in [7, 11) is 0. The van der Waals surface area contributed by atoms with E-state index in [1.165, 1.54) is 32.1 Å². The largest absolute Gasteiger partial charge is 0.507 e. The molecular formula is C17H25NO2. The Kier molecular flexibility index (Phi) is 5.05. The maximum atomic E-state index is 12.1. The third-order valence-electron chi connectivity index (χ3n) is 4.49. The molecule has 1 amide bonds. The van der Waals surface area contributed by atoms with E-state index < -0.39 is 0 Å². The zero-order chi connectivity index (χ0) is 14.5. The van der Waals surface area contributed by atoms with Gasteiger partial charge in [-0.1, -0.05) is 37.8 Å². The van der Waals surface area contributed by atoms with Gasteiger partial charge >= 0.3 is 0 Å². The molecule has 2 N–H and O–H groups in total. The van der Waals surface area contributed by atoms with Gasteiger partial charge in [-0.25, -0.2) is 0 Å². The molecule has 1 aromatic carbocycles. The molecule has 0 radical (unpaired) electrons. The van der Waals surface area contributed by atoms with Crippen LogP contribution >= 0.6 is 0 Å². The molecule has 0 aromatic heterocycles. The Balaban J connectivity index is 1.85. The average molecular weight is 275 g/mol. The number of aromatic hydroxyl groups is 1. The third-order valence-corrected chi connectivity index (χ3v) is 4.49. The molecule has 0 heterocycles. The summed E-state index contributed by atoms with van der Waals surface area (Å²) in [6, 6.07) is 5.12. The van der Waals surface area contributed by atoms with E-state index in [4.69, 9.17) is 0 Å². The second-order valence-electron chi connectivity index (χ2n) is 6.03. The number of hydrogen-bond donors (Lipinski definition) is 2. The van der Waals surface area contributed by atoms with Gasteiger partial charge < -0.3 is 10.4 Å². The minimum absolute atomic E-state index is 0.0581. The van der Waals surface area contributed by atoms with Crippen molar-refractivity contribution in [3.8, 4) is 5.75 Å². The van der Waals surface area contributed by atoms with Crippen molar-refractivity contribution in [3.63, 3.8) is 0 Å². The number of carbonyl (C=O) groups excluding carboxylic acids is 1. The topological polar surface area (TPSA) is 49.3 Å². The Morgan fingerprint density at radius 2 is 1.90 bits per heavy atom.